The first kappa shape index (κ1) is 31.0. The van der Waals surface area contributed by atoms with Gasteiger partial charge in [0.2, 0.25) is 5.91 Å². The largest absolute Gasteiger partial charge is 1.00 e. The summed E-state index contributed by atoms with van der Waals surface area (Å²) in [7, 11) is 0. The average molecular weight is 438 g/mol. The monoisotopic (exact) mass is 438 g/mol. The van der Waals surface area contributed by atoms with Crippen LogP contribution in [0.3, 0.4) is 0 Å². The van der Waals surface area contributed by atoms with Crippen molar-refractivity contribution in [3.63, 3.8) is 0 Å². The van der Waals surface area contributed by atoms with Gasteiger partial charge in [-0.1, -0.05) is 58.3 Å². The molecule has 0 heterocycles. The molecular weight excluding hydrogens is 403 g/mol. The molecule has 9 nitrogen and oxygen atoms in total. The molecule has 2 N–H and O–H groups in total. The molecule has 0 saturated carbocycles. The van der Waals surface area contributed by atoms with Crippen LogP contribution in [-0.2, 0) is 19.2 Å². The van der Waals surface area contributed by atoms with E-state index in [1.165, 1.54) is 32.1 Å². The number of carboxylic acid groups (broad SMARTS) is 3. The topological polar surface area (TPSA) is 138 Å². The van der Waals surface area contributed by atoms with E-state index in [2.05, 4.69) is 6.92 Å². The summed E-state index contributed by atoms with van der Waals surface area (Å²) in [6, 6.07) is 0. The van der Waals surface area contributed by atoms with Gasteiger partial charge < -0.3 is 25.0 Å². The van der Waals surface area contributed by atoms with Gasteiger partial charge in [0.1, 0.15) is 6.54 Å². The standard InChI is InChI=1S/C20H36N2O7.Na/c1-2-3-4-5-6-7-8-9-10-11-17(23)22(16-20(28)29)13-12-21(14-18(24)25)15-19(26)27;/h2-16H2,1H3,(H,24,25)(H,26,27)(H,28,29);/q;+1/p-1. The molecule has 0 aliphatic carbocycles. The van der Waals surface area contributed by atoms with Crippen molar-refractivity contribution in [1.29, 1.82) is 0 Å². The molecule has 0 fully saturated rings. The fourth-order valence-corrected chi connectivity index (χ4v) is 3.05. The predicted octanol–water partition coefficient (Wildman–Crippen LogP) is -2.04. The van der Waals surface area contributed by atoms with E-state index in [1.54, 1.807) is 0 Å². The Morgan fingerprint density at radius 3 is 1.70 bits per heavy atom. The zero-order valence-electron chi connectivity index (χ0n) is 18.4. The number of amides is 1. The molecule has 0 bridgehead atoms. The van der Waals surface area contributed by atoms with Gasteiger partial charge in [-0.15, -0.1) is 0 Å². The Labute approximate surface area is 201 Å². The van der Waals surface area contributed by atoms with E-state index >= 15 is 0 Å². The molecule has 0 rings (SSSR count). The maximum atomic E-state index is 12.3. The van der Waals surface area contributed by atoms with Gasteiger partial charge in [0.05, 0.1) is 12.5 Å². The maximum Gasteiger partial charge on any atom is 1.00 e. The fraction of sp³-hybridized carbons (Fsp3) is 0.800. The Bertz CT molecular complexity index is 501. The second-order valence-electron chi connectivity index (χ2n) is 7.26. The third-order valence-electron chi connectivity index (χ3n) is 4.57. The van der Waals surface area contributed by atoms with Crippen LogP contribution in [0.2, 0.25) is 0 Å². The van der Waals surface area contributed by atoms with E-state index in [0.717, 1.165) is 29.1 Å². The van der Waals surface area contributed by atoms with Gasteiger partial charge in [-0.3, -0.25) is 19.3 Å². The number of rotatable bonds is 19. The SMILES string of the molecule is CCCCCCCCCCCC(=O)N(CCN(CC(=O)[O-])CC(=O)O)CC(=O)O.[Na+]. The predicted molar refractivity (Wildman–Crippen MR) is 105 cm³/mol. The van der Waals surface area contributed by atoms with Crippen molar-refractivity contribution < 1.29 is 64.1 Å². The molecule has 0 spiro atoms. The third kappa shape index (κ3) is 18.8. The van der Waals surface area contributed by atoms with Crippen molar-refractivity contribution >= 4 is 23.8 Å². The van der Waals surface area contributed by atoms with Gasteiger partial charge in [0.15, 0.2) is 0 Å². The zero-order chi connectivity index (χ0) is 22.1. The number of carbonyl (C=O) groups excluding carboxylic acids is 2. The Morgan fingerprint density at radius 1 is 0.733 bits per heavy atom. The summed E-state index contributed by atoms with van der Waals surface area (Å²) in [6.07, 6.45) is 10.1. The van der Waals surface area contributed by atoms with Crippen molar-refractivity contribution in [3.8, 4) is 0 Å². The van der Waals surface area contributed by atoms with E-state index in [9.17, 15) is 24.3 Å². The van der Waals surface area contributed by atoms with Crippen molar-refractivity contribution in [2.45, 2.75) is 71.1 Å². The van der Waals surface area contributed by atoms with Crippen LogP contribution in [0.5, 0.6) is 0 Å². The molecule has 0 aromatic heterocycles. The Kier molecular flexibility index (Phi) is 20.5. The number of carbonyl (C=O) groups is 4. The third-order valence-corrected chi connectivity index (χ3v) is 4.57. The van der Waals surface area contributed by atoms with Crippen LogP contribution in [0, 0.1) is 0 Å². The minimum absolute atomic E-state index is 0. The maximum absolute atomic E-state index is 12.3. The van der Waals surface area contributed by atoms with Gasteiger partial charge in [0, 0.05) is 26.1 Å². The summed E-state index contributed by atoms with van der Waals surface area (Å²) < 4.78 is 0. The van der Waals surface area contributed by atoms with Crippen LogP contribution in [-0.4, -0.2) is 76.6 Å². The van der Waals surface area contributed by atoms with Crippen molar-refractivity contribution in [2.24, 2.45) is 0 Å². The van der Waals surface area contributed by atoms with E-state index < -0.39 is 37.5 Å². The van der Waals surface area contributed by atoms with Gasteiger partial charge in [-0.05, 0) is 6.42 Å². The molecular formula is C20H35N2NaO7. The first-order valence-electron chi connectivity index (χ1n) is 10.4. The number of carboxylic acids is 3. The summed E-state index contributed by atoms with van der Waals surface area (Å²) in [6.45, 7) is 0.446. The summed E-state index contributed by atoms with van der Waals surface area (Å²) in [4.78, 5) is 47.2. The molecule has 0 aliphatic rings. The molecule has 1 amide bonds. The zero-order valence-corrected chi connectivity index (χ0v) is 20.4. The van der Waals surface area contributed by atoms with E-state index in [1.807, 2.05) is 0 Å². The number of aliphatic carboxylic acids is 3. The van der Waals surface area contributed by atoms with E-state index in [4.69, 9.17) is 10.2 Å². The summed E-state index contributed by atoms with van der Waals surface area (Å²) in [5.74, 6) is -4.14. The molecule has 0 saturated heterocycles. The number of hydrogen-bond acceptors (Lipinski definition) is 6. The second kappa shape index (κ2) is 19.8. The molecule has 0 radical (unpaired) electrons. The van der Waals surface area contributed by atoms with Crippen LogP contribution in [0.15, 0.2) is 0 Å². The Balaban J connectivity index is 0. The van der Waals surface area contributed by atoms with Gasteiger partial charge in [-0.2, -0.15) is 0 Å². The fourth-order valence-electron chi connectivity index (χ4n) is 3.05. The van der Waals surface area contributed by atoms with Crippen LogP contribution >= 0.6 is 0 Å². The molecule has 0 aromatic rings. The average Bonchev–Trinajstić information content (AvgIpc) is 2.62. The molecule has 168 valence electrons. The summed E-state index contributed by atoms with van der Waals surface area (Å²) >= 11 is 0. The summed E-state index contributed by atoms with van der Waals surface area (Å²) in [5.41, 5.74) is 0. The minimum Gasteiger partial charge on any atom is -0.549 e. The number of unbranched alkanes of at least 4 members (excludes halogenated alkanes) is 8. The molecule has 0 atom stereocenters. The molecule has 0 aliphatic heterocycles. The van der Waals surface area contributed by atoms with Crippen molar-refractivity contribution in [3.05, 3.63) is 0 Å². The summed E-state index contributed by atoms with van der Waals surface area (Å²) in [5, 5.41) is 28.6. The normalized spacial score (nSPS) is 10.5. The Morgan fingerprint density at radius 2 is 1.23 bits per heavy atom. The second-order valence-corrected chi connectivity index (χ2v) is 7.26. The quantitative estimate of drug-likeness (QED) is 0.174. The first-order valence-corrected chi connectivity index (χ1v) is 10.4. The smallest absolute Gasteiger partial charge is 0.549 e. The van der Waals surface area contributed by atoms with E-state index in [-0.39, 0.29) is 55.0 Å². The van der Waals surface area contributed by atoms with Crippen molar-refractivity contribution in [2.75, 3.05) is 32.7 Å². The van der Waals surface area contributed by atoms with Crippen LogP contribution in [0.25, 0.3) is 0 Å². The molecule has 10 heteroatoms. The van der Waals surface area contributed by atoms with Gasteiger partial charge in [0.25, 0.3) is 0 Å². The van der Waals surface area contributed by atoms with E-state index in [0.29, 0.717) is 6.42 Å². The van der Waals surface area contributed by atoms with Crippen LogP contribution < -0.4 is 34.7 Å². The van der Waals surface area contributed by atoms with Crippen LogP contribution in [0.1, 0.15) is 71.1 Å². The van der Waals surface area contributed by atoms with Gasteiger partial charge >= 0.3 is 41.5 Å². The molecule has 0 aromatic carbocycles. The first-order chi connectivity index (χ1) is 13.8. The number of nitrogens with zero attached hydrogens (tertiary/aromatic N) is 2. The minimum atomic E-state index is -1.43. The van der Waals surface area contributed by atoms with Crippen LogP contribution in [0.4, 0.5) is 0 Å². The number of hydrogen-bond donors (Lipinski definition) is 2. The molecule has 30 heavy (non-hydrogen) atoms. The molecule has 0 unspecified atom stereocenters. The van der Waals surface area contributed by atoms with Gasteiger partial charge in [-0.25, -0.2) is 0 Å². The Hall–Kier alpha value is -1.16. The van der Waals surface area contributed by atoms with Crippen molar-refractivity contribution in [1.82, 2.24) is 9.80 Å².